The minimum Gasteiger partial charge on any atom is -0.480 e. The summed E-state index contributed by atoms with van der Waals surface area (Å²) in [6, 6.07) is 1.69. The molecule has 19 heavy (non-hydrogen) atoms. The molecular weight excluding hydrogens is 297 g/mol. The van der Waals surface area contributed by atoms with E-state index in [2.05, 4.69) is 4.72 Å². The van der Waals surface area contributed by atoms with Crippen LogP contribution in [0.15, 0.2) is 23.1 Å². The van der Waals surface area contributed by atoms with Crippen LogP contribution in [0.25, 0.3) is 0 Å². The summed E-state index contributed by atoms with van der Waals surface area (Å²) in [6.45, 7) is 0. The minimum atomic E-state index is -4.17. The lowest BCUT2D eigenvalue weighted by atomic mass is 10.2. The second-order valence-electron chi connectivity index (χ2n) is 4.35. The first-order valence-corrected chi connectivity index (χ1v) is 7.37. The molecule has 1 aromatic rings. The molecule has 0 aliphatic heterocycles. The molecule has 0 heterocycles. The highest BCUT2D eigenvalue weighted by atomic mass is 35.5. The Labute approximate surface area is 114 Å². The van der Waals surface area contributed by atoms with Gasteiger partial charge in [0, 0.05) is 0 Å². The van der Waals surface area contributed by atoms with Crippen molar-refractivity contribution in [1.29, 1.82) is 0 Å². The topological polar surface area (TPSA) is 83.5 Å². The number of carboxylic acid groups (broad SMARTS) is 1. The fraction of sp³-hybridized carbons (Fsp3) is 0.364. The van der Waals surface area contributed by atoms with Crippen LogP contribution in [0.4, 0.5) is 4.39 Å². The SMILES string of the molecule is O=C(O)C(NS(=O)(=O)c1cc(F)ccc1Cl)C1CC1. The first-order chi connectivity index (χ1) is 8.81. The van der Waals surface area contributed by atoms with Crippen LogP contribution in [0.1, 0.15) is 12.8 Å². The molecule has 1 saturated carbocycles. The van der Waals surface area contributed by atoms with Gasteiger partial charge in [0.2, 0.25) is 10.0 Å². The van der Waals surface area contributed by atoms with Gasteiger partial charge in [0.15, 0.2) is 0 Å². The molecule has 2 N–H and O–H groups in total. The summed E-state index contributed by atoms with van der Waals surface area (Å²) >= 11 is 5.71. The Morgan fingerprint density at radius 3 is 2.63 bits per heavy atom. The van der Waals surface area contributed by atoms with Gasteiger partial charge in [0.05, 0.1) is 5.02 Å². The normalized spacial score (nSPS) is 17.2. The zero-order chi connectivity index (χ0) is 14.2. The number of halogens is 2. The van der Waals surface area contributed by atoms with Gasteiger partial charge < -0.3 is 5.11 Å². The monoisotopic (exact) mass is 307 g/mol. The molecule has 1 atom stereocenters. The van der Waals surface area contributed by atoms with E-state index in [0.717, 1.165) is 18.2 Å². The fourth-order valence-electron chi connectivity index (χ4n) is 1.69. The van der Waals surface area contributed by atoms with Gasteiger partial charge in [-0.25, -0.2) is 12.8 Å². The van der Waals surface area contributed by atoms with Crippen LogP contribution in [-0.2, 0) is 14.8 Å². The maximum Gasteiger partial charge on any atom is 0.322 e. The van der Waals surface area contributed by atoms with Gasteiger partial charge in [-0.15, -0.1) is 0 Å². The highest BCUT2D eigenvalue weighted by Gasteiger charge is 2.39. The third-order valence-electron chi connectivity index (χ3n) is 2.82. The maximum absolute atomic E-state index is 13.1. The zero-order valence-corrected chi connectivity index (χ0v) is 11.2. The molecule has 104 valence electrons. The lowest BCUT2D eigenvalue weighted by Gasteiger charge is -2.14. The number of carbonyl (C=O) groups is 1. The molecule has 0 amide bonds. The third-order valence-corrected chi connectivity index (χ3v) is 4.75. The van der Waals surface area contributed by atoms with E-state index >= 15 is 0 Å². The Hall–Kier alpha value is -1.18. The number of hydrogen-bond acceptors (Lipinski definition) is 3. The van der Waals surface area contributed by atoms with Gasteiger partial charge in [-0.05, 0) is 37.0 Å². The standard InChI is InChI=1S/C11H11ClFNO4S/c12-8-4-3-7(13)5-9(8)19(17,18)14-10(11(15)16)6-1-2-6/h3-6,10,14H,1-2H2,(H,15,16). The Balaban J connectivity index is 2.31. The molecule has 1 aliphatic rings. The number of carboxylic acids is 1. The lowest BCUT2D eigenvalue weighted by molar-refractivity contribution is -0.139. The Morgan fingerprint density at radius 2 is 2.11 bits per heavy atom. The molecule has 1 aliphatic carbocycles. The molecule has 5 nitrogen and oxygen atoms in total. The van der Waals surface area contributed by atoms with Crippen LogP contribution >= 0.6 is 11.6 Å². The average Bonchev–Trinajstić information content (AvgIpc) is 3.13. The summed E-state index contributed by atoms with van der Waals surface area (Å²) < 4.78 is 39.2. The molecule has 1 unspecified atom stereocenters. The van der Waals surface area contributed by atoms with Crippen molar-refractivity contribution in [2.45, 2.75) is 23.8 Å². The highest BCUT2D eigenvalue weighted by Crippen LogP contribution is 2.34. The van der Waals surface area contributed by atoms with Crippen molar-refractivity contribution < 1.29 is 22.7 Å². The Bertz CT molecular complexity index is 615. The molecule has 0 bridgehead atoms. The van der Waals surface area contributed by atoms with Crippen LogP contribution in [0, 0.1) is 11.7 Å². The summed E-state index contributed by atoms with van der Waals surface area (Å²) in [6.07, 6.45) is 1.30. The third kappa shape index (κ3) is 3.23. The van der Waals surface area contributed by atoms with Gasteiger partial charge in [0.1, 0.15) is 16.8 Å². The van der Waals surface area contributed by atoms with Crippen molar-refractivity contribution in [2.75, 3.05) is 0 Å². The van der Waals surface area contributed by atoms with Gasteiger partial charge >= 0.3 is 5.97 Å². The lowest BCUT2D eigenvalue weighted by Crippen LogP contribution is -2.42. The predicted molar refractivity (Wildman–Crippen MR) is 65.9 cm³/mol. The van der Waals surface area contributed by atoms with Crippen molar-refractivity contribution in [2.24, 2.45) is 5.92 Å². The average molecular weight is 308 g/mol. The van der Waals surface area contributed by atoms with E-state index in [-0.39, 0.29) is 10.9 Å². The summed E-state index contributed by atoms with van der Waals surface area (Å²) in [5, 5.41) is 8.83. The van der Waals surface area contributed by atoms with Gasteiger partial charge in [-0.2, -0.15) is 4.72 Å². The molecule has 2 rings (SSSR count). The van der Waals surface area contributed by atoms with E-state index in [1.807, 2.05) is 0 Å². The second-order valence-corrected chi connectivity index (χ2v) is 6.44. The van der Waals surface area contributed by atoms with Gasteiger partial charge in [0.25, 0.3) is 0 Å². The van der Waals surface area contributed by atoms with Crippen molar-refractivity contribution in [1.82, 2.24) is 4.72 Å². The fourth-order valence-corrected chi connectivity index (χ4v) is 3.46. The zero-order valence-electron chi connectivity index (χ0n) is 9.64. The van der Waals surface area contributed by atoms with Crippen LogP contribution in [-0.4, -0.2) is 25.5 Å². The number of aliphatic carboxylic acids is 1. The van der Waals surface area contributed by atoms with E-state index < -0.39 is 32.7 Å². The van der Waals surface area contributed by atoms with E-state index in [0.29, 0.717) is 12.8 Å². The summed E-state index contributed by atoms with van der Waals surface area (Å²) in [4.78, 5) is 10.6. The molecule has 0 aromatic heterocycles. The molecule has 0 spiro atoms. The number of hydrogen-bond donors (Lipinski definition) is 2. The van der Waals surface area contributed by atoms with E-state index in [9.17, 15) is 17.6 Å². The molecule has 1 fully saturated rings. The quantitative estimate of drug-likeness (QED) is 0.866. The van der Waals surface area contributed by atoms with Crippen molar-refractivity contribution >= 4 is 27.6 Å². The number of sulfonamides is 1. The Kier molecular flexibility index (Phi) is 3.80. The maximum atomic E-state index is 13.1. The number of benzene rings is 1. The Morgan fingerprint density at radius 1 is 1.47 bits per heavy atom. The molecule has 1 aromatic carbocycles. The minimum absolute atomic E-state index is 0.158. The van der Waals surface area contributed by atoms with Crippen LogP contribution < -0.4 is 4.72 Å². The van der Waals surface area contributed by atoms with Crippen LogP contribution in [0.5, 0.6) is 0 Å². The van der Waals surface area contributed by atoms with Gasteiger partial charge in [-0.3, -0.25) is 4.79 Å². The predicted octanol–water partition coefficient (Wildman–Crippen LogP) is 1.62. The van der Waals surface area contributed by atoms with E-state index in [4.69, 9.17) is 16.7 Å². The molecular formula is C11H11ClFNO4S. The van der Waals surface area contributed by atoms with Crippen LogP contribution in [0.3, 0.4) is 0 Å². The molecule has 8 heteroatoms. The van der Waals surface area contributed by atoms with Crippen molar-refractivity contribution in [3.8, 4) is 0 Å². The summed E-state index contributed by atoms with van der Waals surface area (Å²) in [5.74, 6) is -2.23. The van der Waals surface area contributed by atoms with Crippen molar-refractivity contribution in [3.05, 3.63) is 29.0 Å². The smallest absolute Gasteiger partial charge is 0.322 e. The first kappa shape index (κ1) is 14.2. The molecule has 0 radical (unpaired) electrons. The highest BCUT2D eigenvalue weighted by molar-refractivity contribution is 7.89. The van der Waals surface area contributed by atoms with Gasteiger partial charge in [-0.1, -0.05) is 11.6 Å². The number of nitrogens with one attached hydrogen (secondary N) is 1. The summed E-state index contributed by atoms with van der Waals surface area (Å²) in [5.41, 5.74) is 0. The first-order valence-electron chi connectivity index (χ1n) is 5.51. The van der Waals surface area contributed by atoms with Crippen LogP contribution in [0.2, 0.25) is 5.02 Å². The van der Waals surface area contributed by atoms with E-state index in [1.165, 1.54) is 0 Å². The molecule has 0 saturated heterocycles. The largest absolute Gasteiger partial charge is 0.480 e. The van der Waals surface area contributed by atoms with E-state index in [1.54, 1.807) is 0 Å². The number of rotatable bonds is 5. The van der Waals surface area contributed by atoms with Crippen molar-refractivity contribution in [3.63, 3.8) is 0 Å². The second kappa shape index (κ2) is 5.07. The summed E-state index contributed by atoms with van der Waals surface area (Å²) in [7, 11) is -4.17.